The van der Waals surface area contributed by atoms with E-state index in [1.54, 1.807) is 6.20 Å². The average Bonchev–Trinajstić information content (AvgIpc) is 2.78. The van der Waals surface area contributed by atoms with Crippen molar-refractivity contribution in [2.75, 3.05) is 5.32 Å². The van der Waals surface area contributed by atoms with Crippen molar-refractivity contribution in [1.29, 1.82) is 0 Å². The molecule has 0 spiro atoms. The Balaban J connectivity index is 0.00000109. The number of rotatable bonds is 4. The van der Waals surface area contributed by atoms with Gasteiger partial charge in [-0.2, -0.15) is 0 Å². The van der Waals surface area contributed by atoms with Crippen LogP contribution in [-0.4, -0.2) is 16.0 Å². The normalized spacial score (nSPS) is 14.1. The lowest BCUT2D eigenvalue weighted by Gasteiger charge is -2.22. The van der Waals surface area contributed by atoms with Gasteiger partial charge in [0.1, 0.15) is 0 Å². The van der Waals surface area contributed by atoms with Gasteiger partial charge in [-0.25, -0.2) is 9.97 Å². The van der Waals surface area contributed by atoms with E-state index in [1.807, 2.05) is 44.2 Å². The fraction of sp³-hybridized carbons (Fsp3) is 0.333. The molecule has 0 aliphatic heterocycles. The smallest absolute Gasteiger partial charge is 0.223 e. The van der Waals surface area contributed by atoms with Crippen LogP contribution >= 0.6 is 11.6 Å². The number of hydrogen-bond donors (Lipinski definition) is 1. The Hall–Kier alpha value is -2.39. The second-order valence-corrected chi connectivity index (χ2v) is 7.22. The van der Waals surface area contributed by atoms with Gasteiger partial charge in [0.05, 0.1) is 16.9 Å². The fourth-order valence-electron chi connectivity index (χ4n) is 3.55. The molecule has 0 amide bonds. The summed E-state index contributed by atoms with van der Waals surface area (Å²) in [6.07, 6.45) is 7.95. The molecule has 1 heterocycles. The van der Waals surface area contributed by atoms with Crippen LogP contribution in [0, 0.1) is 0 Å². The lowest BCUT2D eigenvalue weighted by atomic mass is 9.96. The van der Waals surface area contributed by atoms with Gasteiger partial charge in [-0.05, 0) is 30.0 Å². The molecule has 0 saturated heterocycles. The number of benzene rings is 2. The Kier molecular flexibility index (Phi) is 7.44. The minimum Gasteiger partial charge on any atom is -0.351 e. The molecular formula is C24H28ClN3. The highest BCUT2D eigenvalue weighted by molar-refractivity contribution is 6.32. The van der Waals surface area contributed by atoms with Gasteiger partial charge < -0.3 is 5.32 Å². The van der Waals surface area contributed by atoms with Crippen LogP contribution in [0.3, 0.4) is 0 Å². The Morgan fingerprint density at radius 1 is 0.857 bits per heavy atom. The summed E-state index contributed by atoms with van der Waals surface area (Å²) < 4.78 is 0. The molecule has 0 bridgehead atoms. The second kappa shape index (κ2) is 10.2. The molecule has 28 heavy (non-hydrogen) atoms. The fourth-order valence-corrected chi connectivity index (χ4v) is 3.75. The third-order valence-electron chi connectivity index (χ3n) is 4.93. The van der Waals surface area contributed by atoms with Gasteiger partial charge in [-0.1, -0.05) is 93.2 Å². The van der Waals surface area contributed by atoms with Crippen LogP contribution in [0.5, 0.6) is 0 Å². The largest absolute Gasteiger partial charge is 0.351 e. The van der Waals surface area contributed by atoms with Crippen molar-refractivity contribution < 1.29 is 0 Å². The summed E-state index contributed by atoms with van der Waals surface area (Å²) >= 11 is 6.42. The lowest BCUT2D eigenvalue weighted by molar-refractivity contribution is 0.461. The van der Waals surface area contributed by atoms with Gasteiger partial charge in [-0.3, -0.25) is 0 Å². The highest BCUT2D eigenvalue weighted by Crippen LogP contribution is 2.30. The van der Waals surface area contributed by atoms with Crippen molar-refractivity contribution in [3.63, 3.8) is 0 Å². The molecule has 1 aliphatic rings. The van der Waals surface area contributed by atoms with Gasteiger partial charge in [-0.15, -0.1) is 0 Å². The van der Waals surface area contributed by atoms with Crippen LogP contribution in [-0.2, 0) is 0 Å². The summed E-state index contributed by atoms with van der Waals surface area (Å²) in [6.45, 7) is 4.00. The van der Waals surface area contributed by atoms with Gasteiger partial charge in [0.15, 0.2) is 0 Å². The molecule has 1 N–H and O–H groups in total. The zero-order chi connectivity index (χ0) is 19.8. The van der Waals surface area contributed by atoms with Crippen LogP contribution in [0.1, 0.15) is 46.0 Å². The predicted octanol–water partition coefficient (Wildman–Crippen LogP) is 7.23. The third-order valence-corrected chi connectivity index (χ3v) is 5.20. The minimum absolute atomic E-state index is 0.466. The van der Waals surface area contributed by atoms with Crippen molar-refractivity contribution in [3.05, 3.63) is 65.8 Å². The summed E-state index contributed by atoms with van der Waals surface area (Å²) in [5, 5.41) is 4.06. The van der Waals surface area contributed by atoms with E-state index >= 15 is 0 Å². The molecule has 1 aliphatic carbocycles. The molecule has 1 aromatic heterocycles. The molecule has 3 aromatic rings. The second-order valence-electron chi connectivity index (χ2n) is 6.82. The van der Waals surface area contributed by atoms with Crippen molar-refractivity contribution in [1.82, 2.24) is 9.97 Å². The van der Waals surface area contributed by atoms with E-state index in [9.17, 15) is 0 Å². The molecule has 146 valence electrons. The average molecular weight is 394 g/mol. The zero-order valence-electron chi connectivity index (χ0n) is 16.7. The molecule has 3 nitrogen and oxygen atoms in total. The standard InChI is InChI=1S/C22H22ClN3.C2H6/c23-20-15-24-22(25-19-12-5-2-6-13-19)26-21(20)18-11-7-10-17(14-18)16-8-3-1-4-9-16;1-2/h1,3-4,7-11,14-15,19H,2,5-6,12-13H2,(H,24,25,26);1-2H3. The van der Waals surface area contributed by atoms with Gasteiger partial charge in [0.25, 0.3) is 0 Å². The summed E-state index contributed by atoms with van der Waals surface area (Å²) in [5.41, 5.74) is 4.11. The highest BCUT2D eigenvalue weighted by atomic mass is 35.5. The first kappa shape index (κ1) is 20.3. The first-order valence-electron chi connectivity index (χ1n) is 10.2. The number of nitrogens with one attached hydrogen (secondary N) is 1. The van der Waals surface area contributed by atoms with E-state index < -0.39 is 0 Å². The van der Waals surface area contributed by atoms with Crippen molar-refractivity contribution in [2.24, 2.45) is 0 Å². The van der Waals surface area contributed by atoms with Crippen LogP contribution in [0.2, 0.25) is 5.02 Å². The Morgan fingerprint density at radius 2 is 1.54 bits per heavy atom. The van der Waals surface area contributed by atoms with Gasteiger partial charge >= 0.3 is 0 Å². The topological polar surface area (TPSA) is 37.8 Å². The van der Waals surface area contributed by atoms with Gasteiger partial charge in [0, 0.05) is 11.6 Å². The molecule has 1 fully saturated rings. The van der Waals surface area contributed by atoms with E-state index in [1.165, 1.54) is 37.7 Å². The Labute approximate surface area is 173 Å². The SMILES string of the molecule is CC.Clc1cnc(NC2CCCCC2)nc1-c1cccc(-c2ccccc2)c1. The van der Waals surface area contributed by atoms with E-state index in [0.29, 0.717) is 17.0 Å². The van der Waals surface area contributed by atoms with Crippen LogP contribution in [0.4, 0.5) is 5.95 Å². The number of halogens is 1. The summed E-state index contributed by atoms with van der Waals surface area (Å²) in [4.78, 5) is 9.10. The quantitative estimate of drug-likeness (QED) is 0.507. The molecule has 4 rings (SSSR count). The van der Waals surface area contributed by atoms with E-state index in [2.05, 4.69) is 34.6 Å². The molecule has 0 radical (unpaired) electrons. The Morgan fingerprint density at radius 3 is 2.29 bits per heavy atom. The highest BCUT2D eigenvalue weighted by Gasteiger charge is 2.15. The van der Waals surface area contributed by atoms with Crippen LogP contribution in [0.25, 0.3) is 22.4 Å². The van der Waals surface area contributed by atoms with Crippen molar-refractivity contribution in [2.45, 2.75) is 52.0 Å². The number of hydrogen-bond acceptors (Lipinski definition) is 3. The van der Waals surface area contributed by atoms with E-state index in [-0.39, 0.29) is 0 Å². The molecule has 0 atom stereocenters. The molecule has 1 saturated carbocycles. The first-order valence-corrected chi connectivity index (χ1v) is 10.6. The van der Waals surface area contributed by atoms with E-state index in [0.717, 1.165) is 16.8 Å². The maximum atomic E-state index is 6.42. The molecule has 4 heteroatoms. The number of nitrogens with zero attached hydrogens (tertiary/aromatic N) is 2. The van der Waals surface area contributed by atoms with Crippen LogP contribution < -0.4 is 5.32 Å². The zero-order valence-corrected chi connectivity index (χ0v) is 17.4. The molecular weight excluding hydrogens is 366 g/mol. The van der Waals surface area contributed by atoms with E-state index in [4.69, 9.17) is 16.6 Å². The maximum absolute atomic E-state index is 6.42. The van der Waals surface area contributed by atoms with Crippen LogP contribution in [0.15, 0.2) is 60.8 Å². The monoisotopic (exact) mass is 393 g/mol. The van der Waals surface area contributed by atoms with Crippen molar-refractivity contribution in [3.8, 4) is 22.4 Å². The number of aromatic nitrogens is 2. The summed E-state index contributed by atoms with van der Waals surface area (Å²) in [7, 11) is 0. The molecule has 0 unspecified atom stereocenters. The third kappa shape index (κ3) is 5.11. The maximum Gasteiger partial charge on any atom is 0.223 e. The summed E-state index contributed by atoms with van der Waals surface area (Å²) in [6, 6.07) is 19.1. The lowest BCUT2D eigenvalue weighted by Crippen LogP contribution is -2.23. The van der Waals surface area contributed by atoms with Gasteiger partial charge in [0.2, 0.25) is 5.95 Å². The molecule has 2 aromatic carbocycles. The first-order chi connectivity index (χ1) is 13.8. The predicted molar refractivity (Wildman–Crippen MR) is 120 cm³/mol. The number of anilines is 1. The van der Waals surface area contributed by atoms with Crippen molar-refractivity contribution >= 4 is 17.5 Å². The summed E-state index contributed by atoms with van der Waals surface area (Å²) in [5.74, 6) is 0.668. The minimum atomic E-state index is 0.466. The Bertz CT molecular complexity index is 874.